The van der Waals surface area contributed by atoms with E-state index >= 15 is 0 Å². The zero-order chi connectivity index (χ0) is 12.3. The number of aliphatic hydroxyl groups excluding tert-OH is 1. The van der Waals surface area contributed by atoms with E-state index in [1.54, 1.807) is 19.1 Å². The van der Waals surface area contributed by atoms with Crippen molar-refractivity contribution in [2.45, 2.75) is 13.0 Å². The minimum absolute atomic E-state index is 0.241. The van der Waals surface area contributed by atoms with E-state index in [1.165, 1.54) is 0 Å². The Morgan fingerprint density at radius 1 is 1.24 bits per heavy atom. The number of benzene rings is 2. The summed E-state index contributed by atoms with van der Waals surface area (Å²) in [5, 5.41) is 11.0. The number of fused-ring (bicyclic) bond motifs is 1. The highest BCUT2D eigenvalue weighted by atomic mass is 16.5. The molecule has 0 fully saturated rings. The van der Waals surface area contributed by atoms with Crippen molar-refractivity contribution in [1.82, 2.24) is 0 Å². The van der Waals surface area contributed by atoms with Crippen molar-refractivity contribution in [2.75, 3.05) is 6.61 Å². The summed E-state index contributed by atoms with van der Waals surface area (Å²) in [5.74, 6) is 0.687. The molecule has 88 valence electrons. The smallest absolute Gasteiger partial charge is 0.150 e. The second kappa shape index (κ2) is 4.97. The second-order valence-corrected chi connectivity index (χ2v) is 3.98. The summed E-state index contributed by atoms with van der Waals surface area (Å²) in [5.41, 5.74) is 0.644. The predicted molar refractivity (Wildman–Crippen MR) is 66.5 cm³/mol. The lowest BCUT2D eigenvalue weighted by molar-refractivity contribution is 0.112. The largest absolute Gasteiger partial charge is 0.490 e. The second-order valence-electron chi connectivity index (χ2n) is 3.98. The Morgan fingerprint density at radius 2 is 1.94 bits per heavy atom. The van der Waals surface area contributed by atoms with Crippen LogP contribution >= 0.6 is 0 Å². The molecule has 1 N–H and O–H groups in total. The minimum atomic E-state index is -0.514. The van der Waals surface area contributed by atoms with Crippen molar-refractivity contribution in [3.05, 3.63) is 42.0 Å². The maximum absolute atomic E-state index is 10.9. The number of ether oxygens (including phenoxy) is 1. The third-order valence-corrected chi connectivity index (χ3v) is 2.52. The molecule has 1 atom stereocenters. The van der Waals surface area contributed by atoms with Crippen LogP contribution in [0.2, 0.25) is 0 Å². The Morgan fingerprint density at radius 3 is 2.59 bits per heavy atom. The first-order valence-electron chi connectivity index (χ1n) is 5.50. The third kappa shape index (κ3) is 2.45. The van der Waals surface area contributed by atoms with Gasteiger partial charge >= 0.3 is 0 Å². The van der Waals surface area contributed by atoms with Gasteiger partial charge in [0, 0.05) is 10.9 Å². The fourth-order valence-corrected chi connectivity index (χ4v) is 1.73. The highest BCUT2D eigenvalue weighted by Crippen LogP contribution is 2.27. The molecule has 0 radical (unpaired) electrons. The highest BCUT2D eigenvalue weighted by molar-refractivity contribution is 6.00. The van der Waals surface area contributed by atoms with Crippen LogP contribution < -0.4 is 4.74 Å². The molecule has 3 nitrogen and oxygen atoms in total. The zero-order valence-corrected chi connectivity index (χ0v) is 9.59. The van der Waals surface area contributed by atoms with Crippen LogP contribution in [0, 0.1) is 0 Å². The molecule has 0 aliphatic heterocycles. The lowest BCUT2D eigenvalue weighted by Crippen LogP contribution is -2.12. The molecule has 3 heteroatoms. The van der Waals surface area contributed by atoms with Gasteiger partial charge in [0.2, 0.25) is 0 Å². The van der Waals surface area contributed by atoms with Gasteiger partial charge in [0.25, 0.3) is 0 Å². The van der Waals surface area contributed by atoms with Crippen LogP contribution in [0.1, 0.15) is 17.3 Å². The number of aliphatic hydroxyl groups is 1. The van der Waals surface area contributed by atoms with Crippen LogP contribution in [0.3, 0.4) is 0 Å². The van der Waals surface area contributed by atoms with Crippen LogP contribution in [0.5, 0.6) is 5.75 Å². The summed E-state index contributed by atoms with van der Waals surface area (Å²) in [7, 11) is 0. The summed E-state index contributed by atoms with van der Waals surface area (Å²) in [6, 6.07) is 11.1. The van der Waals surface area contributed by atoms with Gasteiger partial charge in [-0.1, -0.05) is 24.3 Å². The summed E-state index contributed by atoms with van der Waals surface area (Å²) in [6.45, 7) is 1.91. The maximum atomic E-state index is 10.9. The molecule has 2 rings (SSSR count). The standard InChI is InChI=1S/C14H14O3/c1-10(16)9-17-14-7-6-11(8-15)12-4-2-3-5-13(12)14/h2-8,10,16H,9H2,1H3/t10-/m1/s1. The topological polar surface area (TPSA) is 46.5 Å². The van der Waals surface area contributed by atoms with Crippen molar-refractivity contribution in [2.24, 2.45) is 0 Å². The number of rotatable bonds is 4. The van der Waals surface area contributed by atoms with E-state index in [9.17, 15) is 9.90 Å². The van der Waals surface area contributed by atoms with Crippen LogP contribution in [0.25, 0.3) is 10.8 Å². The Hall–Kier alpha value is -1.87. The third-order valence-electron chi connectivity index (χ3n) is 2.52. The molecule has 0 bridgehead atoms. The van der Waals surface area contributed by atoms with E-state index in [1.807, 2.05) is 24.3 Å². The van der Waals surface area contributed by atoms with E-state index < -0.39 is 6.10 Å². The van der Waals surface area contributed by atoms with Crippen molar-refractivity contribution < 1.29 is 14.6 Å². The van der Waals surface area contributed by atoms with E-state index in [4.69, 9.17) is 4.74 Å². The monoisotopic (exact) mass is 230 g/mol. The summed E-state index contributed by atoms with van der Waals surface area (Å²) in [6.07, 6.45) is 0.320. The molecule has 0 aliphatic carbocycles. The summed E-state index contributed by atoms with van der Waals surface area (Å²) >= 11 is 0. The lowest BCUT2D eigenvalue weighted by Gasteiger charge is -2.11. The fourth-order valence-electron chi connectivity index (χ4n) is 1.73. The Balaban J connectivity index is 2.47. The van der Waals surface area contributed by atoms with Crippen LogP contribution in [-0.4, -0.2) is 24.1 Å². The molecule has 0 amide bonds. The number of carbonyl (C=O) groups is 1. The Labute approximate surface area is 99.6 Å². The van der Waals surface area contributed by atoms with E-state index in [0.29, 0.717) is 11.3 Å². The van der Waals surface area contributed by atoms with Gasteiger partial charge in [0.15, 0.2) is 6.29 Å². The molecule has 2 aromatic carbocycles. The van der Waals surface area contributed by atoms with Gasteiger partial charge < -0.3 is 9.84 Å². The fraction of sp³-hybridized carbons (Fsp3) is 0.214. The van der Waals surface area contributed by atoms with E-state index in [-0.39, 0.29) is 6.61 Å². The minimum Gasteiger partial charge on any atom is -0.490 e. The molecule has 0 aromatic heterocycles. The Bertz CT molecular complexity index is 532. The first-order valence-corrected chi connectivity index (χ1v) is 5.50. The highest BCUT2D eigenvalue weighted by Gasteiger charge is 2.06. The van der Waals surface area contributed by atoms with E-state index in [0.717, 1.165) is 17.1 Å². The number of aldehydes is 1. The SMILES string of the molecule is C[C@@H](O)COc1ccc(C=O)c2ccccc12. The predicted octanol–water partition coefficient (Wildman–Crippen LogP) is 2.41. The normalized spacial score (nSPS) is 12.4. The van der Waals surface area contributed by atoms with Gasteiger partial charge in [-0.3, -0.25) is 4.79 Å². The average molecular weight is 230 g/mol. The number of carbonyl (C=O) groups excluding carboxylic acids is 1. The van der Waals surface area contributed by atoms with Crippen LogP contribution in [0.4, 0.5) is 0 Å². The van der Waals surface area contributed by atoms with Gasteiger partial charge in [-0.05, 0) is 24.4 Å². The van der Waals surface area contributed by atoms with Crippen molar-refractivity contribution in [1.29, 1.82) is 0 Å². The molecular weight excluding hydrogens is 216 g/mol. The van der Waals surface area contributed by atoms with Crippen LogP contribution in [0.15, 0.2) is 36.4 Å². The van der Waals surface area contributed by atoms with Crippen molar-refractivity contribution >= 4 is 17.1 Å². The molecule has 0 saturated heterocycles. The van der Waals surface area contributed by atoms with Gasteiger partial charge in [-0.25, -0.2) is 0 Å². The number of hydrogen-bond donors (Lipinski definition) is 1. The quantitative estimate of drug-likeness (QED) is 0.820. The van der Waals surface area contributed by atoms with Crippen molar-refractivity contribution in [3.8, 4) is 5.75 Å². The van der Waals surface area contributed by atoms with Gasteiger partial charge in [0.1, 0.15) is 12.4 Å². The van der Waals surface area contributed by atoms with Crippen LogP contribution in [-0.2, 0) is 0 Å². The molecule has 17 heavy (non-hydrogen) atoms. The van der Waals surface area contributed by atoms with E-state index in [2.05, 4.69) is 0 Å². The molecule has 0 spiro atoms. The van der Waals surface area contributed by atoms with Gasteiger partial charge in [-0.15, -0.1) is 0 Å². The molecule has 0 unspecified atom stereocenters. The van der Waals surface area contributed by atoms with Gasteiger partial charge in [-0.2, -0.15) is 0 Å². The maximum Gasteiger partial charge on any atom is 0.150 e. The zero-order valence-electron chi connectivity index (χ0n) is 9.59. The first-order chi connectivity index (χ1) is 8.22. The average Bonchev–Trinajstić information content (AvgIpc) is 2.35. The molecule has 0 aliphatic rings. The lowest BCUT2D eigenvalue weighted by atomic mass is 10.0. The Kier molecular flexibility index (Phi) is 3.40. The molecule has 2 aromatic rings. The molecule has 0 heterocycles. The summed E-state index contributed by atoms with van der Waals surface area (Å²) < 4.78 is 5.51. The molecular formula is C14H14O3. The summed E-state index contributed by atoms with van der Waals surface area (Å²) in [4.78, 5) is 10.9. The number of hydrogen-bond acceptors (Lipinski definition) is 3. The van der Waals surface area contributed by atoms with Crippen molar-refractivity contribution in [3.63, 3.8) is 0 Å². The molecule has 0 saturated carbocycles. The van der Waals surface area contributed by atoms with Gasteiger partial charge in [0.05, 0.1) is 6.10 Å². The first kappa shape index (κ1) is 11.6.